The summed E-state index contributed by atoms with van der Waals surface area (Å²) in [5, 5.41) is 9.26. The Bertz CT molecular complexity index is 68.7. The molecule has 0 radical (unpaired) electrons. The summed E-state index contributed by atoms with van der Waals surface area (Å²) in [7, 11) is 0. The van der Waals surface area contributed by atoms with E-state index in [0.717, 1.165) is 0 Å². The number of rotatable bonds is 2. The average molecular weight is 156 g/mol. The molecule has 0 atom stereocenters. The van der Waals surface area contributed by atoms with Crippen molar-refractivity contribution in [2.75, 3.05) is 13.1 Å². The first-order valence-electron chi connectivity index (χ1n) is 2.79. The van der Waals surface area contributed by atoms with E-state index >= 15 is 0 Å². The van der Waals surface area contributed by atoms with Gasteiger partial charge in [0.2, 0.25) is 0 Å². The van der Waals surface area contributed by atoms with Crippen molar-refractivity contribution in [1.82, 2.24) is 0 Å². The summed E-state index contributed by atoms with van der Waals surface area (Å²) in [5.74, 6) is -0.995. The van der Waals surface area contributed by atoms with Gasteiger partial charge in [0.15, 0.2) is 0 Å². The second-order valence-electron chi connectivity index (χ2n) is 1.30. The Hall–Kier alpha value is 0.390. The molecule has 0 spiro atoms. The van der Waals surface area contributed by atoms with Crippen LogP contribution in [0.2, 0.25) is 0 Å². The third-order valence-corrected chi connectivity index (χ3v) is 0.455. The molecule has 4 N–H and O–H groups in total. The van der Waals surface area contributed by atoms with Gasteiger partial charge >= 0.3 is 29.6 Å². The predicted octanol–water partition coefficient (Wildman–Crippen LogP) is -4.95. The molecule has 0 saturated carbocycles. The minimum absolute atomic E-state index is 0. The van der Waals surface area contributed by atoms with Crippen molar-refractivity contribution in [2.24, 2.45) is 11.5 Å². The summed E-state index contributed by atoms with van der Waals surface area (Å²) in [4.78, 5) is 9.26. The molecule has 0 aromatic heterocycles. The Labute approximate surface area is 83.3 Å². The van der Waals surface area contributed by atoms with E-state index in [1.807, 2.05) is 0 Å². The van der Waals surface area contributed by atoms with Gasteiger partial charge in [0.25, 0.3) is 0 Å². The Morgan fingerprint density at radius 1 is 1.40 bits per heavy atom. The Morgan fingerprint density at radius 3 is 1.60 bits per heavy atom. The predicted molar refractivity (Wildman–Crippen MR) is 33.4 cm³/mol. The van der Waals surface area contributed by atoms with Crippen LogP contribution in [0.25, 0.3) is 0 Å². The fraction of sp³-hybridized carbons (Fsp3) is 0.800. The van der Waals surface area contributed by atoms with Crippen LogP contribution in [0.5, 0.6) is 0 Å². The van der Waals surface area contributed by atoms with Gasteiger partial charge in [-0.15, -0.1) is 0 Å². The molecule has 0 saturated heterocycles. The van der Waals surface area contributed by atoms with Crippen molar-refractivity contribution in [3.05, 3.63) is 0 Å². The standard InChI is InChI=1S/C3H6O2.C2H8N2.Na/c1-2-3(4)5;3-1-2-4;/h2H2,1H3,(H,4,5);1-4H2;/q;;+1/p-1. The molecule has 0 bridgehead atoms. The maximum Gasteiger partial charge on any atom is 1.00 e. The van der Waals surface area contributed by atoms with Gasteiger partial charge in [-0.1, -0.05) is 6.92 Å². The van der Waals surface area contributed by atoms with Crippen LogP contribution >= 0.6 is 0 Å². The summed E-state index contributed by atoms with van der Waals surface area (Å²) in [6, 6.07) is 0. The summed E-state index contributed by atoms with van der Waals surface area (Å²) < 4.78 is 0. The van der Waals surface area contributed by atoms with Crippen LogP contribution in [-0.2, 0) is 4.79 Å². The van der Waals surface area contributed by atoms with Gasteiger partial charge in [0.05, 0.1) is 0 Å². The molecular formula is C5H13N2NaO2. The van der Waals surface area contributed by atoms with Gasteiger partial charge in [-0.25, -0.2) is 0 Å². The number of carbonyl (C=O) groups is 1. The molecule has 10 heavy (non-hydrogen) atoms. The molecule has 56 valence electrons. The molecule has 0 aliphatic carbocycles. The molecular weight excluding hydrogens is 143 g/mol. The molecule has 0 aromatic carbocycles. The van der Waals surface area contributed by atoms with Crippen LogP contribution in [-0.4, -0.2) is 19.1 Å². The van der Waals surface area contributed by atoms with Gasteiger partial charge in [-0.05, 0) is 6.42 Å². The van der Waals surface area contributed by atoms with Crippen LogP contribution < -0.4 is 46.1 Å². The number of hydrogen-bond acceptors (Lipinski definition) is 4. The minimum atomic E-state index is -0.995. The van der Waals surface area contributed by atoms with Crippen LogP contribution in [0.3, 0.4) is 0 Å². The molecule has 0 rings (SSSR count). The minimum Gasteiger partial charge on any atom is -0.550 e. The summed E-state index contributed by atoms with van der Waals surface area (Å²) in [6.45, 7) is 2.73. The Morgan fingerprint density at radius 2 is 1.60 bits per heavy atom. The molecule has 5 heteroatoms. The van der Waals surface area contributed by atoms with Crippen LogP contribution in [0, 0.1) is 0 Å². The first kappa shape index (κ1) is 16.8. The number of carbonyl (C=O) groups excluding carboxylic acids is 1. The SMILES string of the molecule is CCC(=O)[O-].NCCN.[Na+]. The van der Waals surface area contributed by atoms with Crippen molar-refractivity contribution < 1.29 is 39.5 Å². The van der Waals surface area contributed by atoms with E-state index < -0.39 is 5.97 Å². The van der Waals surface area contributed by atoms with E-state index in [0.29, 0.717) is 13.1 Å². The number of carboxylic acid groups (broad SMARTS) is 1. The van der Waals surface area contributed by atoms with Gasteiger partial charge < -0.3 is 21.4 Å². The van der Waals surface area contributed by atoms with E-state index in [4.69, 9.17) is 11.5 Å². The van der Waals surface area contributed by atoms with Crippen molar-refractivity contribution in [3.8, 4) is 0 Å². The summed E-state index contributed by atoms with van der Waals surface area (Å²) >= 11 is 0. The van der Waals surface area contributed by atoms with Crippen molar-refractivity contribution in [1.29, 1.82) is 0 Å². The number of carboxylic acids is 1. The van der Waals surface area contributed by atoms with Gasteiger partial charge in [-0.3, -0.25) is 0 Å². The van der Waals surface area contributed by atoms with E-state index in [2.05, 4.69) is 0 Å². The van der Waals surface area contributed by atoms with Gasteiger partial charge in [-0.2, -0.15) is 0 Å². The molecule has 4 nitrogen and oxygen atoms in total. The third kappa shape index (κ3) is 39.9. The largest absolute Gasteiger partial charge is 1.00 e. The zero-order valence-electron chi connectivity index (χ0n) is 6.59. The van der Waals surface area contributed by atoms with Crippen molar-refractivity contribution in [2.45, 2.75) is 13.3 Å². The van der Waals surface area contributed by atoms with E-state index in [1.165, 1.54) is 6.92 Å². The first-order valence-corrected chi connectivity index (χ1v) is 2.79. The fourth-order valence-electron chi connectivity index (χ4n) is 0. The smallest absolute Gasteiger partial charge is 0.550 e. The topological polar surface area (TPSA) is 92.2 Å². The van der Waals surface area contributed by atoms with Gasteiger partial charge in [0, 0.05) is 19.1 Å². The van der Waals surface area contributed by atoms with Gasteiger partial charge in [0.1, 0.15) is 0 Å². The monoisotopic (exact) mass is 156 g/mol. The summed E-state index contributed by atoms with van der Waals surface area (Å²) in [5.41, 5.74) is 9.81. The molecule has 0 amide bonds. The number of aliphatic carboxylic acids is 1. The zero-order chi connectivity index (χ0) is 7.70. The van der Waals surface area contributed by atoms with Crippen molar-refractivity contribution in [3.63, 3.8) is 0 Å². The number of hydrogen-bond donors (Lipinski definition) is 2. The van der Waals surface area contributed by atoms with Crippen LogP contribution in [0.15, 0.2) is 0 Å². The number of nitrogens with two attached hydrogens (primary N) is 2. The quantitative estimate of drug-likeness (QED) is 0.392. The fourth-order valence-corrected chi connectivity index (χ4v) is 0. The van der Waals surface area contributed by atoms with E-state index in [-0.39, 0.29) is 36.0 Å². The third-order valence-electron chi connectivity index (χ3n) is 0.455. The molecule has 0 unspecified atom stereocenters. The summed E-state index contributed by atoms with van der Waals surface area (Å²) in [6.07, 6.45) is 0.111. The average Bonchev–Trinajstić information content (AvgIpc) is 1.89. The van der Waals surface area contributed by atoms with E-state index in [1.54, 1.807) is 0 Å². The Kier molecular flexibility index (Phi) is 27.2. The molecule has 0 aliphatic rings. The maximum absolute atomic E-state index is 9.26. The first-order chi connectivity index (χ1) is 4.18. The Balaban J connectivity index is -0.0000000910. The molecule has 0 heterocycles. The second kappa shape index (κ2) is 16.2. The zero-order valence-corrected chi connectivity index (χ0v) is 8.59. The van der Waals surface area contributed by atoms with Crippen molar-refractivity contribution >= 4 is 5.97 Å². The molecule has 0 fully saturated rings. The second-order valence-corrected chi connectivity index (χ2v) is 1.30. The molecule has 0 aliphatic heterocycles. The van der Waals surface area contributed by atoms with Crippen LogP contribution in [0.1, 0.15) is 13.3 Å². The van der Waals surface area contributed by atoms with Crippen LogP contribution in [0.4, 0.5) is 0 Å². The van der Waals surface area contributed by atoms with E-state index in [9.17, 15) is 9.90 Å². The maximum atomic E-state index is 9.26. The normalized spacial score (nSPS) is 6.70. The molecule has 0 aromatic rings.